The molecule has 0 amide bonds. The van der Waals surface area contributed by atoms with E-state index >= 15 is 0 Å². The van der Waals surface area contributed by atoms with E-state index in [-0.39, 0.29) is 6.61 Å². The Labute approximate surface area is 141 Å². The number of aliphatic hydroxyl groups is 1. The molecule has 0 saturated carbocycles. The summed E-state index contributed by atoms with van der Waals surface area (Å²) in [5.74, 6) is 2.80. The van der Waals surface area contributed by atoms with E-state index in [0.717, 1.165) is 41.0 Å². The first-order chi connectivity index (χ1) is 11.7. The molecule has 24 heavy (non-hydrogen) atoms. The maximum Gasteiger partial charge on any atom is 0.181 e. The summed E-state index contributed by atoms with van der Waals surface area (Å²) < 4.78 is 5.45. The lowest BCUT2D eigenvalue weighted by Gasteiger charge is -2.13. The maximum atomic E-state index is 9.16. The Balaban J connectivity index is 2.11. The van der Waals surface area contributed by atoms with Crippen molar-refractivity contribution in [2.75, 3.05) is 18.5 Å². The van der Waals surface area contributed by atoms with Crippen LogP contribution in [0.2, 0.25) is 0 Å². The molecule has 2 N–H and O–H groups in total. The van der Waals surface area contributed by atoms with Crippen molar-refractivity contribution >= 4 is 16.7 Å². The molecule has 1 aromatic carbocycles. The standard InChI is InChI=1S/C18H22N4O2/c1-12(2)6-7-16-21-14-5-3-4-13(15-10-19-11-24-15)17(14)18(22-16)20-8-9-23/h3-5,10-12,23H,6-9H2,1-2H3,(H,20,21,22). The fourth-order valence-electron chi connectivity index (χ4n) is 2.62. The second kappa shape index (κ2) is 7.40. The number of benzene rings is 1. The molecule has 0 aliphatic carbocycles. The molecule has 3 aromatic rings. The maximum absolute atomic E-state index is 9.16. The molecule has 0 radical (unpaired) electrons. The van der Waals surface area contributed by atoms with Gasteiger partial charge in [-0.3, -0.25) is 0 Å². The first-order valence-corrected chi connectivity index (χ1v) is 8.22. The highest BCUT2D eigenvalue weighted by molar-refractivity contribution is 6.00. The second-order valence-corrected chi connectivity index (χ2v) is 6.14. The van der Waals surface area contributed by atoms with Gasteiger partial charge >= 0.3 is 0 Å². The molecular weight excluding hydrogens is 304 g/mol. The van der Waals surface area contributed by atoms with Crippen LogP contribution in [0, 0.1) is 5.92 Å². The Morgan fingerprint density at radius 2 is 2.12 bits per heavy atom. The lowest BCUT2D eigenvalue weighted by molar-refractivity contribution is 0.311. The van der Waals surface area contributed by atoms with Gasteiger partial charge in [0.2, 0.25) is 0 Å². The van der Waals surface area contributed by atoms with Crippen molar-refractivity contribution in [3.8, 4) is 11.3 Å². The lowest BCUT2D eigenvalue weighted by atomic mass is 10.1. The number of anilines is 1. The zero-order valence-corrected chi connectivity index (χ0v) is 14.0. The summed E-state index contributed by atoms with van der Waals surface area (Å²) in [6.45, 7) is 4.85. The van der Waals surface area contributed by atoms with Crippen molar-refractivity contribution < 1.29 is 9.52 Å². The van der Waals surface area contributed by atoms with Gasteiger partial charge < -0.3 is 14.8 Å². The number of nitrogens with zero attached hydrogens (tertiary/aromatic N) is 3. The summed E-state index contributed by atoms with van der Waals surface area (Å²) in [5, 5.41) is 13.3. The molecule has 0 aliphatic heterocycles. The van der Waals surface area contributed by atoms with Crippen LogP contribution in [0.1, 0.15) is 26.1 Å². The van der Waals surface area contributed by atoms with E-state index < -0.39 is 0 Å². The van der Waals surface area contributed by atoms with Crippen LogP contribution < -0.4 is 5.32 Å². The molecule has 126 valence electrons. The van der Waals surface area contributed by atoms with Gasteiger partial charge in [-0.25, -0.2) is 15.0 Å². The van der Waals surface area contributed by atoms with Crippen molar-refractivity contribution in [2.24, 2.45) is 5.92 Å². The van der Waals surface area contributed by atoms with E-state index in [1.807, 2.05) is 18.2 Å². The topological polar surface area (TPSA) is 84.1 Å². The fraction of sp³-hybridized carbons (Fsp3) is 0.389. The number of aryl methyl sites for hydroxylation is 1. The summed E-state index contributed by atoms with van der Waals surface area (Å²) >= 11 is 0. The van der Waals surface area contributed by atoms with Crippen LogP contribution in [-0.2, 0) is 6.42 Å². The predicted octanol–water partition coefficient (Wildman–Crippen LogP) is 3.28. The van der Waals surface area contributed by atoms with Crippen molar-refractivity contribution in [2.45, 2.75) is 26.7 Å². The van der Waals surface area contributed by atoms with Crippen LogP contribution in [0.25, 0.3) is 22.2 Å². The summed E-state index contributed by atoms with van der Waals surface area (Å²) in [6.07, 6.45) is 4.95. The minimum atomic E-state index is 0.0390. The molecule has 2 aromatic heterocycles. The minimum Gasteiger partial charge on any atom is -0.443 e. The van der Waals surface area contributed by atoms with Gasteiger partial charge in [-0.15, -0.1) is 0 Å². The van der Waals surface area contributed by atoms with Crippen molar-refractivity contribution in [3.05, 3.63) is 36.6 Å². The van der Waals surface area contributed by atoms with Crippen LogP contribution in [-0.4, -0.2) is 33.2 Å². The first-order valence-electron chi connectivity index (χ1n) is 8.22. The number of rotatable bonds is 7. The largest absolute Gasteiger partial charge is 0.443 e. The molecule has 0 saturated heterocycles. The average Bonchev–Trinajstić information content (AvgIpc) is 3.11. The van der Waals surface area contributed by atoms with Gasteiger partial charge in [0, 0.05) is 18.5 Å². The minimum absolute atomic E-state index is 0.0390. The normalized spacial score (nSPS) is 11.3. The molecule has 6 heteroatoms. The number of oxazole rings is 1. The zero-order chi connectivity index (χ0) is 16.9. The molecule has 3 rings (SSSR count). The molecule has 6 nitrogen and oxygen atoms in total. The van der Waals surface area contributed by atoms with Crippen LogP contribution >= 0.6 is 0 Å². The third-order valence-electron chi connectivity index (χ3n) is 3.82. The van der Waals surface area contributed by atoms with Gasteiger partial charge in [-0.1, -0.05) is 26.0 Å². The van der Waals surface area contributed by atoms with Crippen LogP contribution in [0.3, 0.4) is 0 Å². The van der Waals surface area contributed by atoms with Crippen molar-refractivity contribution in [1.29, 1.82) is 0 Å². The predicted molar refractivity (Wildman–Crippen MR) is 93.8 cm³/mol. The molecule has 0 spiro atoms. The average molecular weight is 326 g/mol. The van der Waals surface area contributed by atoms with Crippen LogP contribution in [0.4, 0.5) is 5.82 Å². The van der Waals surface area contributed by atoms with E-state index in [2.05, 4.69) is 29.1 Å². The molecule has 0 fully saturated rings. The third-order valence-corrected chi connectivity index (χ3v) is 3.82. The Morgan fingerprint density at radius 1 is 1.25 bits per heavy atom. The second-order valence-electron chi connectivity index (χ2n) is 6.14. The van der Waals surface area contributed by atoms with Gasteiger partial charge in [-0.05, 0) is 18.4 Å². The van der Waals surface area contributed by atoms with Gasteiger partial charge in [0.1, 0.15) is 11.6 Å². The molecule has 0 bridgehead atoms. The zero-order valence-electron chi connectivity index (χ0n) is 14.0. The van der Waals surface area contributed by atoms with E-state index in [0.29, 0.717) is 18.2 Å². The number of aromatic nitrogens is 3. The lowest BCUT2D eigenvalue weighted by Crippen LogP contribution is -2.10. The number of fused-ring (bicyclic) bond motifs is 1. The molecule has 2 heterocycles. The quantitative estimate of drug-likeness (QED) is 0.693. The number of hydrogen-bond donors (Lipinski definition) is 2. The van der Waals surface area contributed by atoms with Crippen LogP contribution in [0.15, 0.2) is 35.2 Å². The smallest absolute Gasteiger partial charge is 0.181 e. The van der Waals surface area contributed by atoms with Gasteiger partial charge in [0.05, 0.1) is 23.7 Å². The molecule has 0 atom stereocenters. The van der Waals surface area contributed by atoms with Crippen molar-refractivity contribution in [3.63, 3.8) is 0 Å². The third kappa shape index (κ3) is 3.54. The Bertz CT molecular complexity index is 800. The Hall–Kier alpha value is -2.47. The highest BCUT2D eigenvalue weighted by atomic mass is 16.3. The highest BCUT2D eigenvalue weighted by Crippen LogP contribution is 2.32. The Morgan fingerprint density at radius 3 is 2.83 bits per heavy atom. The number of aliphatic hydroxyl groups excluding tert-OH is 1. The number of nitrogens with one attached hydrogen (secondary N) is 1. The summed E-state index contributed by atoms with van der Waals surface area (Å²) in [4.78, 5) is 13.4. The van der Waals surface area contributed by atoms with Gasteiger partial charge in [0.15, 0.2) is 12.2 Å². The van der Waals surface area contributed by atoms with E-state index in [1.165, 1.54) is 6.39 Å². The molecule has 0 unspecified atom stereocenters. The highest BCUT2D eigenvalue weighted by Gasteiger charge is 2.14. The fourth-order valence-corrected chi connectivity index (χ4v) is 2.62. The monoisotopic (exact) mass is 326 g/mol. The summed E-state index contributed by atoms with van der Waals surface area (Å²) in [5.41, 5.74) is 1.75. The van der Waals surface area contributed by atoms with Crippen LogP contribution in [0.5, 0.6) is 0 Å². The van der Waals surface area contributed by atoms with Crippen molar-refractivity contribution in [1.82, 2.24) is 15.0 Å². The van der Waals surface area contributed by atoms with Gasteiger partial charge in [0.25, 0.3) is 0 Å². The van der Waals surface area contributed by atoms with Gasteiger partial charge in [-0.2, -0.15) is 0 Å². The van der Waals surface area contributed by atoms with E-state index in [9.17, 15) is 0 Å². The van der Waals surface area contributed by atoms with E-state index in [4.69, 9.17) is 14.5 Å². The summed E-state index contributed by atoms with van der Waals surface area (Å²) in [6, 6.07) is 5.89. The first kappa shape index (κ1) is 16.4. The molecule has 0 aliphatic rings. The van der Waals surface area contributed by atoms with E-state index in [1.54, 1.807) is 6.20 Å². The summed E-state index contributed by atoms with van der Waals surface area (Å²) in [7, 11) is 0. The number of hydrogen-bond acceptors (Lipinski definition) is 6. The SMILES string of the molecule is CC(C)CCc1nc(NCCO)c2c(-c3cnco3)cccc2n1. The Kier molecular flexibility index (Phi) is 5.05. The molecular formula is C18H22N4O2.